The van der Waals surface area contributed by atoms with Crippen molar-refractivity contribution in [2.45, 2.75) is 0 Å². The van der Waals surface area contributed by atoms with E-state index < -0.39 is 11.4 Å². The van der Waals surface area contributed by atoms with Crippen molar-refractivity contribution in [1.82, 2.24) is 19.6 Å². The molecule has 0 unspecified atom stereocenters. The van der Waals surface area contributed by atoms with Crippen molar-refractivity contribution in [3.63, 3.8) is 0 Å². The molecule has 0 spiro atoms. The van der Waals surface area contributed by atoms with Gasteiger partial charge >= 0.3 is 0 Å². The molecular weight excluding hydrogens is 317 g/mol. The first-order valence-electron chi connectivity index (χ1n) is 5.57. The standard InChI is InChI=1S/C12H5Cl2N5O2/c13-6-1-7(14)9(16-4-6)8-11(20)18-10-5(2-15)3-17-19(10)12(8)21/h1,3-4,21H,(H,18,20). The van der Waals surface area contributed by atoms with E-state index in [4.69, 9.17) is 28.5 Å². The van der Waals surface area contributed by atoms with Crippen LogP contribution in [0.15, 0.2) is 23.3 Å². The van der Waals surface area contributed by atoms with Gasteiger partial charge in [-0.05, 0) is 6.07 Å². The zero-order valence-electron chi connectivity index (χ0n) is 10.1. The molecule has 0 fully saturated rings. The highest BCUT2D eigenvalue weighted by Crippen LogP contribution is 2.31. The highest BCUT2D eigenvalue weighted by Gasteiger charge is 2.20. The summed E-state index contributed by atoms with van der Waals surface area (Å²) in [4.78, 5) is 18.6. The van der Waals surface area contributed by atoms with E-state index in [9.17, 15) is 9.90 Å². The van der Waals surface area contributed by atoms with Gasteiger partial charge in [0.2, 0.25) is 5.88 Å². The Morgan fingerprint density at radius 1 is 1.38 bits per heavy atom. The number of hydrogen-bond donors (Lipinski definition) is 2. The van der Waals surface area contributed by atoms with Crippen LogP contribution in [0, 0.1) is 11.3 Å². The Morgan fingerprint density at radius 3 is 2.81 bits per heavy atom. The third-order valence-electron chi connectivity index (χ3n) is 2.82. The topological polar surface area (TPSA) is 107 Å². The molecule has 0 aliphatic carbocycles. The predicted molar refractivity (Wildman–Crippen MR) is 75.4 cm³/mol. The largest absolute Gasteiger partial charge is 0.493 e. The number of rotatable bonds is 1. The van der Waals surface area contributed by atoms with Gasteiger partial charge in [-0.25, -0.2) is 0 Å². The SMILES string of the molecule is N#Cc1cnn2c(O)c(-c3ncc(Cl)cc3Cl)c(=O)[nH]c12. The van der Waals surface area contributed by atoms with Crippen LogP contribution in [0.2, 0.25) is 10.0 Å². The van der Waals surface area contributed by atoms with Gasteiger partial charge < -0.3 is 10.1 Å². The van der Waals surface area contributed by atoms with Gasteiger partial charge in [0, 0.05) is 6.20 Å². The molecule has 3 aromatic rings. The number of aromatic nitrogens is 4. The number of H-pyrrole nitrogens is 1. The minimum atomic E-state index is -0.645. The van der Waals surface area contributed by atoms with Crippen LogP contribution in [0.3, 0.4) is 0 Å². The van der Waals surface area contributed by atoms with E-state index in [2.05, 4.69) is 15.1 Å². The van der Waals surface area contributed by atoms with Crippen LogP contribution < -0.4 is 5.56 Å². The van der Waals surface area contributed by atoms with Crippen LogP contribution in [0.1, 0.15) is 5.56 Å². The molecule has 7 nitrogen and oxygen atoms in total. The number of hydrogen-bond acceptors (Lipinski definition) is 5. The molecule has 2 N–H and O–H groups in total. The van der Waals surface area contributed by atoms with Gasteiger partial charge in [0.05, 0.1) is 21.9 Å². The van der Waals surface area contributed by atoms with Gasteiger partial charge in [-0.15, -0.1) is 0 Å². The van der Waals surface area contributed by atoms with Crippen LogP contribution in [-0.4, -0.2) is 24.7 Å². The Hall–Kier alpha value is -2.56. The highest BCUT2D eigenvalue weighted by molar-refractivity contribution is 6.36. The van der Waals surface area contributed by atoms with Gasteiger partial charge in [-0.1, -0.05) is 23.2 Å². The number of halogens is 2. The summed E-state index contributed by atoms with van der Waals surface area (Å²) >= 11 is 11.8. The van der Waals surface area contributed by atoms with Crippen molar-refractivity contribution in [2.75, 3.05) is 0 Å². The van der Waals surface area contributed by atoms with Crippen molar-refractivity contribution in [1.29, 1.82) is 5.26 Å². The van der Waals surface area contributed by atoms with Crippen LogP contribution in [-0.2, 0) is 0 Å². The first kappa shape index (κ1) is 13.4. The summed E-state index contributed by atoms with van der Waals surface area (Å²) in [6.07, 6.45) is 2.53. The molecule has 0 aliphatic heterocycles. The zero-order valence-corrected chi connectivity index (χ0v) is 11.6. The van der Waals surface area contributed by atoms with Gasteiger partial charge in [0.1, 0.15) is 17.2 Å². The molecule has 21 heavy (non-hydrogen) atoms. The third-order valence-corrected chi connectivity index (χ3v) is 3.31. The van der Waals surface area contributed by atoms with E-state index in [1.165, 1.54) is 18.5 Å². The highest BCUT2D eigenvalue weighted by atomic mass is 35.5. The summed E-state index contributed by atoms with van der Waals surface area (Å²) in [7, 11) is 0. The van der Waals surface area contributed by atoms with E-state index in [1.54, 1.807) is 0 Å². The summed E-state index contributed by atoms with van der Waals surface area (Å²) in [6, 6.07) is 3.26. The third kappa shape index (κ3) is 2.01. The molecule has 3 aromatic heterocycles. The summed E-state index contributed by atoms with van der Waals surface area (Å²) < 4.78 is 1.03. The van der Waals surface area contributed by atoms with Crippen molar-refractivity contribution in [3.8, 4) is 23.2 Å². The molecule has 0 aromatic carbocycles. The van der Waals surface area contributed by atoms with Crippen molar-refractivity contribution < 1.29 is 5.11 Å². The van der Waals surface area contributed by atoms with E-state index in [0.717, 1.165) is 4.52 Å². The summed E-state index contributed by atoms with van der Waals surface area (Å²) in [6.45, 7) is 0. The lowest BCUT2D eigenvalue weighted by Gasteiger charge is -2.06. The predicted octanol–water partition coefficient (Wildman–Crippen LogP) is 1.97. The molecule has 0 radical (unpaired) electrons. The van der Waals surface area contributed by atoms with E-state index in [1.807, 2.05) is 6.07 Å². The van der Waals surface area contributed by atoms with E-state index in [-0.39, 0.29) is 27.5 Å². The number of aromatic amines is 1. The molecule has 104 valence electrons. The monoisotopic (exact) mass is 321 g/mol. The minimum Gasteiger partial charge on any atom is -0.493 e. The summed E-state index contributed by atoms with van der Waals surface area (Å²) in [5.41, 5.74) is -0.515. The van der Waals surface area contributed by atoms with Crippen LogP contribution in [0.25, 0.3) is 16.9 Å². The Labute approximate surface area is 127 Å². The van der Waals surface area contributed by atoms with Gasteiger partial charge in [0.15, 0.2) is 5.65 Å². The molecule has 3 rings (SSSR count). The number of aromatic hydroxyl groups is 1. The number of nitrogens with one attached hydrogen (secondary N) is 1. The summed E-state index contributed by atoms with van der Waals surface area (Å²) in [5, 5.41) is 23.4. The van der Waals surface area contributed by atoms with E-state index in [0.29, 0.717) is 5.02 Å². The Kier molecular flexibility index (Phi) is 3.05. The molecular formula is C12H5Cl2N5O2. The maximum atomic E-state index is 12.2. The lowest BCUT2D eigenvalue weighted by molar-refractivity contribution is 0.436. The maximum absolute atomic E-state index is 12.2. The van der Waals surface area contributed by atoms with Crippen LogP contribution in [0.5, 0.6) is 5.88 Å². The quantitative estimate of drug-likeness (QED) is 0.712. The molecule has 0 bridgehead atoms. The van der Waals surface area contributed by atoms with Crippen molar-refractivity contribution in [3.05, 3.63) is 44.4 Å². The molecule has 3 heterocycles. The van der Waals surface area contributed by atoms with Crippen LogP contribution in [0.4, 0.5) is 0 Å². The minimum absolute atomic E-state index is 0.0655. The smallest absolute Gasteiger partial charge is 0.264 e. The zero-order chi connectivity index (χ0) is 15.1. The number of pyridine rings is 1. The lowest BCUT2D eigenvalue weighted by atomic mass is 10.2. The lowest BCUT2D eigenvalue weighted by Crippen LogP contribution is -2.13. The second-order valence-electron chi connectivity index (χ2n) is 4.07. The van der Waals surface area contributed by atoms with E-state index >= 15 is 0 Å². The van der Waals surface area contributed by atoms with Crippen LogP contribution >= 0.6 is 23.2 Å². The molecule has 0 saturated heterocycles. The Balaban J connectivity index is 2.39. The molecule has 0 amide bonds. The normalized spacial score (nSPS) is 10.7. The average Bonchev–Trinajstić information content (AvgIpc) is 2.84. The first-order valence-corrected chi connectivity index (χ1v) is 6.33. The molecule has 0 atom stereocenters. The molecule has 0 aliphatic rings. The maximum Gasteiger partial charge on any atom is 0.264 e. The Bertz CT molecular complexity index is 970. The van der Waals surface area contributed by atoms with Gasteiger partial charge in [0.25, 0.3) is 5.56 Å². The second-order valence-corrected chi connectivity index (χ2v) is 4.91. The average molecular weight is 322 g/mol. The first-order chi connectivity index (χ1) is 10.0. The van der Waals surface area contributed by atoms with Gasteiger partial charge in [-0.2, -0.15) is 14.9 Å². The number of nitrogens with zero attached hydrogens (tertiary/aromatic N) is 4. The fraction of sp³-hybridized carbons (Fsp3) is 0. The summed E-state index contributed by atoms with van der Waals surface area (Å²) in [5.74, 6) is -0.466. The fourth-order valence-corrected chi connectivity index (χ4v) is 2.38. The molecule has 9 heteroatoms. The second kappa shape index (κ2) is 4.77. The fourth-order valence-electron chi connectivity index (χ4n) is 1.90. The van der Waals surface area contributed by atoms with Gasteiger partial charge in [-0.3, -0.25) is 9.78 Å². The Morgan fingerprint density at radius 2 is 2.14 bits per heavy atom. The molecule has 0 saturated carbocycles. The van der Waals surface area contributed by atoms with Crippen molar-refractivity contribution in [2.24, 2.45) is 0 Å². The van der Waals surface area contributed by atoms with Crippen molar-refractivity contribution >= 4 is 28.8 Å². The number of nitriles is 1. The number of fused-ring (bicyclic) bond motifs is 1.